The zero-order chi connectivity index (χ0) is 94.4. The Hall–Kier alpha value is -10.3. The van der Waals surface area contributed by atoms with Gasteiger partial charge < -0.3 is 0 Å². The lowest BCUT2D eigenvalue weighted by Gasteiger charge is -2.01. The minimum atomic E-state index is -0.444. The third kappa shape index (κ3) is 15.4. The predicted octanol–water partition coefficient (Wildman–Crippen LogP) is 2.78. The molecule has 0 amide bonds. The first kappa shape index (κ1) is 93.7. The molecule has 25 rings (SSSR count). The summed E-state index contributed by atoms with van der Waals surface area (Å²) in [7, 11) is 25.2. The van der Waals surface area contributed by atoms with Crippen molar-refractivity contribution in [2.75, 3.05) is 98.7 Å². The van der Waals surface area contributed by atoms with Gasteiger partial charge in [0.2, 0.25) is 72.3 Å². The fourth-order valence-electron chi connectivity index (χ4n) is 16.3. The molecule has 14 fully saturated rings. The third-order valence-corrected chi connectivity index (χ3v) is 41.6. The Balaban J connectivity index is 0.000000102. The Morgan fingerprint density at radius 2 is 0.363 bits per heavy atom. The molecule has 42 nitrogen and oxygen atoms in total. The summed E-state index contributed by atoms with van der Waals surface area (Å²) in [4.78, 5) is 59.6. The Kier molecular flexibility index (Phi) is 25.9. The molecule has 4 atom stereocenters. The van der Waals surface area contributed by atoms with Crippen molar-refractivity contribution in [3.05, 3.63) is 144 Å². The van der Waals surface area contributed by atoms with Crippen LogP contribution in [0, 0.1) is 0 Å². The van der Waals surface area contributed by atoms with E-state index >= 15 is 0 Å². The maximum atomic E-state index is 4.40. The first-order valence-electron chi connectivity index (χ1n) is 41.7. The topological polar surface area (TPSA) is 384 Å². The lowest BCUT2D eigenvalue weighted by Crippen LogP contribution is -2.42. The van der Waals surface area contributed by atoms with E-state index in [4.69, 9.17) is 0 Å². The highest BCUT2D eigenvalue weighted by atomic mass is 32.2. The van der Waals surface area contributed by atoms with Gasteiger partial charge in [-0.25, -0.2) is 0 Å². The van der Waals surface area contributed by atoms with Gasteiger partial charge in [0.15, 0.2) is 0 Å². The van der Waals surface area contributed by atoms with Gasteiger partial charge in [-0.15, -0.1) is 76.0 Å². The molecule has 0 bridgehead atoms. The SMILES string of the molecule is CN=C1N[N+]2=C(C)C(C)=[N+]3NC(=NC)SC23S1.CN=C1N[N+]2=C(C)C(c3ccccc3)=[N+]3NC(=NC)SC23S1.CN=C1N[N+]2=C(C)C(c3ccccc3)=[N+]3NC(=NC)SC23S1.CN=C1N[N+]2=C(c3ccccc3)C(c3ccccc3)=[N+]3NC(=NC)SC23S1.CN=C1N[N+]2=CC(C)=[N+]3NC(=NC)SC23S1.CN=C1N[N+]2=CC(C)=[N+]3NC(=NC)SC23S1.CN=C1N[N+]2=CC=[N+]3NC(=NC)SC23S1. The number of rotatable bonds is 4. The fraction of sp³-hybridized carbons (Fsp3) is 0.342. The molecular formula is C79H98N42S14+14. The van der Waals surface area contributed by atoms with Crippen molar-refractivity contribution >= 4 is 319 Å². The van der Waals surface area contributed by atoms with Crippen LogP contribution in [0.2, 0.25) is 0 Å². The van der Waals surface area contributed by atoms with E-state index in [-0.39, 0.29) is 26.0 Å². The molecule has 21 aliphatic rings. The minimum Gasteiger partial charge on any atom is -0.261 e. The molecule has 135 heavy (non-hydrogen) atoms. The fourth-order valence-corrected chi connectivity index (χ4v) is 34.3. The number of nitrogens with zero attached hydrogens (tertiary/aromatic N) is 28. The lowest BCUT2D eigenvalue weighted by atomic mass is 10.00. The van der Waals surface area contributed by atoms with Gasteiger partial charge in [0.1, 0.15) is 0 Å². The molecule has 14 N–H and O–H groups in total. The Labute approximate surface area is 837 Å². The summed E-state index contributed by atoms with van der Waals surface area (Å²) in [5.41, 5.74) is 62.9. The summed E-state index contributed by atoms with van der Waals surface area (Å²) >= 11 is 23.6. The van der Waals surface area contributed by atoms with Gasteiger partial charge in [-0.1, -0.05) is 72.8 Å². The molecule has 21 aliphatic heterocycles. The van der Waals surface area contributed by atoms with E-state index < -0.39 is 4.33 Å². The molecular weight excluding hydrogens is 1990 g/mol. The number of thioether (sulfide) groups is 14. The highest BCUT2D eigenvalue weighted by Gasteiger charge is 2.81. The molecule has 7 spiro atoms. The second kappa shape index (κ2) is 37.2. The standard InChI is InChI=1S/C19H17N6S2.2C14H15N6S2.C9H13N6S2.2C8H11N6S2.C7H9N6S2/c1-20-17-22-24-15(13-9-5-3-6-10-13)16(14-11-7-4-8-12-14)25-19(24,26-17)27-18(21-2)23-25;2*1-9-11(10-7-5-4-6-8-10)20-14(22-13(16-3)18-20)19(9)17-12(15-2)21-14;1-5-6(2)15-9(17-8(11-4)13-15)14(5)12-7(10-3)16-9;2*1-5-4-13-8(15-6(9-2)11-13)14(5)12-7(10-3)16-8;1-8-5-10-12-3-4-13-7(12,14-5)15-6(9-2)11-13/h3-12H,1-2H3,(H,20,22);2*4-8H,1-3H3,(H,16,18);1-4H3,(H,10,12);2*4H,1-3H3,(H,10,12);3-4H,1-2H3,(H,8,10)/q7*+1/p+7. The first-order chi connectivity index (χ1) is 65.4. The summed E-state index contributed by atoms with van der Waals surface area (Å²) in [5.74, 6) is 0. The van der Waals surface area contributed by atoms with Gasteiger partial charge in [0.25, 0.3) is 59.1 Å². The van der Waals surface area contributed by atoms with Crippen molar-refractivity contribution in [2.45, 2.75) is 71.8 Å². The molecule has 4 aromatic carbocycles. The Morgan fingerprint density at radius 3 is 0.615 bits per heavy atom. The zero-order valence-electron chi connectivity index (χ0n) is 76.6. The number of hydrazone groups is 14. The molecule has 0 aromatic heterocycles. The van der Waals surface area contributed by atoms with E-state index in [2.05, 4.69) is 353 Å². The van der Waals surface area contributed by atoms with E-state index in [1.165, 1.54) is 22.6 Å². The molecule has 694 valence electrons. The lowest BCUT2D eigenvalue weighted by molar-refractivity contribution is -0.779. The number of aliphatic imine (C=N–C) groups is 14. The van der Waals surface area contributed by atoms with Crippen LogP contribution >= 0.6 is 165 Å². The van der Waals surface area contributed by atoms with Gasteiger partial charge in [-0.05, 0) is 114 Å². The van der Waals surface area contributed by atoms with Crippen molar-refractivity contribution in [2.24, 2.45) is 69.9 Å². The maximum absolute atomic E-state index is 4.40. The molecule has 0 radical (unpaired) electrons. The van der Waals surface area contributed by atoms with Crippen LogP contribution < -0.4 is 76.0 Å². The monoisotopic (exact) mass is 2080 g/mol. The van der Waals surface area contributed by atoms with Gasteiger partial charge in [-0.3, -0.25) is 69.9 Å². The van der Waals surface area contributed by atoms with Crippen molar-refractivity contribution in [1.82, 2.24) is 76.0 Å². The van der Waals surface area contributed by atoms with Crippen LogP contribution in [0.5, 0.6) is 0 Å². The van der Waals surface area contributed by atoms with Crippen LogP contribution in [0.15, 0.2) is 191 Å². The number of hydrogen-bond donors (Lipinski definition) is 14. The van der Waals surface area contributed by atoms with E-state index in [1.54, 1.807) is 249 Å². The van der Waals surface area contributed by atoms with Crippen molar-refractivity contribution in [3.8, 4) is 0 Å². The number of benzene rings is 4. The highest BCUT2D eigenvalue weighted by Crippen LogP contribution is 2.55. The van der Waals surface area contributed by atoms with Crippen molar-refractivity contribution in [3.63, 3.8) is 0 Å². The summed E-state index contributed by atoms with van der Waals surface area (Å²) < 4.78 is 27.7. The van der Waals surface area contributed by atoms with E-state index in [1.807, 2.05) is 60.2 Å². The maximum Gasteiger partial charge on any atom is 0.519 e. The van der Waals surface area contributed by atoms with Gasteiger partial charge in [0, 0.05) is 140 Å². The second-order valence-corrected chi connectivity index (χ2v) is 48.2. The molecule has 4 aromatic rings. The minimum absolute atomic E-state index is 0.232. The summed E-state index contributed by atoms with van der Waals surface area (Å²) in [6.45, 7) is 12.6. The molecule has 14 saturated heterocycles. The summed E-state index contributed by atoms with van der Waals surface area (Å²) in [6.07, 6.45) is 8.10. The quantitative estimate of drug-likeness (QED) is 0.131. The second-order valence-electron chi connectivity index (χ2n) is 30.1. The van der Waals surface area contributed by atoms with Gasteiger partial charge in [-0.2, -0.15) is 0 Å². The molecule has 0 aliphatic carbocycles. The largest absolute Gasteiger partial charge is 0.519 e. The summed E-state index contributed by atoms with van der Waals surface area (Å²) in [5, 5.41) is 12.7. The molecule has 56 heteroatoms. The number of hydrogen-bond acceptors (Lipinski definition) is 28. The normalized spacial score (nSPS) is 32.3. The van der Waals surface area contributed by atoms with Crippen LogP contribution in [0.1, 0.15) is 63.8 Å². The average Bonchev–Trinajstić information content (AvgIpc) is 1.55. The zero-order valence-corrected chi connectivity index (χ0v) is 88.0. The highest BCUT2D eigenvalue weighted by molar-refractivity contribution is 8.34. The van der Waals surface area contributed by atoms with Crippen LogP contribution in [-0.2, 0) is 0 Å². The van der Waals surface area contributed by atoms with Gasteiger partial charge >= 0.3 is 53.1 Å². The first-order valence-corrected chi connectivity index (χ1v) is 53.1. The Bertz CT molecular complexity index is 6350. The Morgan fingerprint density at radius 1 is 0.185 bits per heavy atom. The number of hydrazine groups is 14. The molecule has 4 unspecified atom stereocenters. The van der Waals surface area contributed by atoms with Crippen LogP contribution in [0.4, 0.5) is 0 Å². The smallest absolute Gasteiger partial charge is 0.261 e. The van der Waals surface area contributed by atoms with E-state index in [9.17, 15) is 0 Å². The molecule has 21 heterocycles. The van der Waals surface area contributed by atoms with Crippen LogP contribution in [-0.4, -0.2) is 349 Å². The summed E-state index contributed by atoms with van der Waals surface area (Å²) in [6, 6.07) is 41.7. The predicted molar refractivity (Wildman–Crippen MR) is 571 cm³/mol. The van der Waals surface area contributed by atoms with Crippen molar-refractivity contribution in [1.29, 1.82) is 0 Å². The van der Waals surface area contributed by atoms with Crippen LogP contribution in [0.3, 0.4) is 0 Å². The van der Waals surface area contributed by atoms with Crippen molar-refractivity contribution < 1.29 is 65.6 Å². The van der Waals surface area contributed by atoms with E-state index in [0.717, 1.165) is 129 Å². The number of amidine groups is 14. The van der Waals surface area contributed by atoms with Gasteiger partial charge in [0.05, 0.1) is 187 Å². The number of nitrogens with one attached hydrogen (secondary N) is 14. The average molecular weight is 2080 g/mol. The van der Waals surface area contributed by atoms with E-state index in [0.29, 0.717) is 0 Å². The third-order valence-electron chi connectivity index (χ3n) is 22.6. The molecule has 0 saturated carbocycles. The van der Waals surface area contributed by atoms with Crippen LogP contribution in [0.25, 0.3) is 0 Å².